The van der Waals surface area contributed by atoms with Gasteiger partial charge in [-0.25, -0.2) is 8.42 Å². The van der Waals surface area contributed by atoms with Gasteiger partial charge in [0.25, 0.3) is 0 Å². The monoisotopic (exact) mass is 278 g/mol. The third-order valence-corrected chi connectivity index (χ3v) is 3.40. The van der Waals surface area contributed by atoms with E-state index in [1.807, 2.05) is 0 Å². The predicted molar refractivity (Wildman–Crippen MR) is 58.0 cm³/mol. The lowest BCUT2D eigenvalue weighted by molar-refractivity contribution is 0.182. The van der Waals surface area contributed by atoms with Crippen molar-refractivity contribution in [1.29, 1.82) is 0 Å². The zero-order valence-electron chi connectivity index (χ0n) is 7.95. The summed E-state index contributed by atoms with van der Waals surface area (Å²) in [6.45, 7) is 0.301. The highest BCUT2D eigenvalue weighted by Gasteiger charge is 2.13. The van der Waals surface area contributed by atoms with Crippen molar-refractivity contribution in [3.8, 4) is 0 Å². The van der Waals surface area contributed by atoms with Crippen LogP contribution in [0.25, 0.3) is 0 Å². The number of methoxy groups -OCH3 is 1. The van der Waals surface area contributed by atoms with E-state index in [2.05, 4.69) is 15.9 Å². The molecule has 0 radical (unpaired) electrons. The zero-order chi connectivity index (χ0) is 10.8. The van der Waals surface area contributed by atoms with Crippen LogP contribution in [-0.2, 0) is 21.2 Å². The van der Waals surface area contributed by atoms with Crippen molar-refractivity contribution in [1.82, 2.24) is 0 Å². The Morgan fingerprint density at radius 2 is 2.07 bits per heavy atom. The molecule has 1 rings (SSSR count). The van der Waals surface area contributed by atoms with Crippen LogP contribution in [0.5, 0.6) is 0 Å². The molecule has 5 heteroatoms. The van der Waals surface area contributed by atoms with Crippen molar-refractivity contribution in [2.75, 3.05) is 13.4 Å². The normalized spacial score (nSPS) is 11.6. The summed E-state index contributed by atoms with van der Waals surface area (Å²) in [7, 11) is -1.65. The molecule has 3 nitrogen and oxygen atoms in total. The molecule has 1 aromatic carbocycles. The first-order valence-electron chi connectivity index (χ1n) is 3.92. The Kier molecular flexibility index (Phi) is 3.69. The van der Waals surface area contributed by atoms with Gasteiger partial charge < -0.3 is 4.74 Å². The molecule has 1 aromatic rings. The molecule has 14 heavy (non-hydrogen) atoms. The van der Waals surface area contributed by atoms with Gasteiger partial charge >= 0.3 is 0 Å². The van der Waals surface area contributed by atoms with E-state index in [0.717, 1.165) is 4.47 Å². The third-order valence-electron chi connectivity index (χ3n) is 1.73. The van der Waals surface area contributed by atoms with Crippen molar-refractivity contribution in [2.24, 2.45) is 0 Å². The summed E-state index contributed by atoms with van der Waals surface area (Å²) in [5, 5.41) is 0. The minimum absolute atomic E-state index is 0.301. The fourth-order valence-electron chi connectivity index (χ4n) is 1.15. The highest BCUT2D eigenvalue weighted by Crippen LogP contribution is 2.21. The van der Waals surface area contributed by atoms with E-state index in [0.29, 0.717) is 17.1 Å². The minimum Gasteiger partial charge on any atom is -0.380 e. The van der Waals surface area contributed by atoms with Crippen LogP contribution in [0.2, 0.25) is 0 Å². The van der Waals surface area contributed by atoms with Crippen LogP contribution in [0.1, 0.15) is 5.56 Å². The molecule has 0 heterocycles. The van der Waals surface area contributed by atoms with E-state index >= 15 is 0 Å². The van der Waals surface area contributed by atoms with E-state index in [-0.39, 0.29) is 0 Å². The van der Waals surface area contributed by atoms with Gasteiger partial charge in [0.1, 0.15) is 0 Å². The van der Waals surface area contributed by atoms with Crippen LogP contribution < -0.4 is 0 Å². The second-order valence-electron chi connectivity index (χ2n) is 2.96. The van der Waals surface area contributed by atoms with Crippen LogP contribution >= 0.6 is 15.9 Å². The van der Waals surface area contributed by atoms with Gasteiger partial charge in [-0.3, -0.25) is 0 Å². The molecule has 0 bridgehead atoms. The molecule has 78 valence electrons. The highest BCUT2D eigenvalue weighted by atomic mass is 79.9. The second kappa shape index (κ2) is 4.42. The van der Waals surface area contributed by atoms with Crippen LogP contribution in [0.3, 0.4) is 0 Å². The van der Waals surface area contributed by atoms with Crippen molar-refractivity contribution in [3.63, 3.8) is 0 Å². The van der Waals surface area contributed by atoms with E-state index < -0.39 is 9.84 Å². The number of ether oxygens (including phenoxy) is 1. The number of benzene rings is 1. The average molecular weight is 279 g/mol. The topological polar surface area (TPSA) is 43.4 Å². The number of rotatable bonds is 3. The molecule has 0 N–H and O–H groups in total. The van der Waals surface area contributed by atoms with Gasteiger partial charge in [-0.2, -0.15) is 0 Å². The van der Waals surface area contributed by atoms with Crippen LogP contribution in [0, 0.1) is 0 Å². The Hall–Kier alpha value is -0.390. The Balaban J connectivity index is 3.30. The Morgan fingerprint density at radius 3 is 2.57 bits per heavy atom. The first-order valence-corrected chi connectivity index (χ1v) is 6.61. The van der Waals surface area contributed by atoms with Crippen molar-refractivity contribution in [2.45, 2.75) is 11.5 Å². The molecule has 0 aromatic heterocycles. The minimum atomic E-state index is -3.19. The fraction of sp³-hybridized carbons (Fsp3) is 0.333. The molecular formula is C9H11BrO3S. The van der Waals surface area contributed by atoms with Crippen LogP contribution in [0.4, 0.5) is 0 Å². The maximum absolute atomic E-state index is 11.4. The molecule has 0 spiro atoms. The standard InChI is InChI=1S/C9H11BrO3S/c1-13-6-7-3-4-8(10)5-9(7)14(2,11)12/h3-5H,6H2,1-2H3. The summed E-state index contributed by atoms with van der Waals surface area (Å²) in [6, 6.07) is 5.12. The largest absolute Gasteiger partial charge is 0.380 e. The summed E-state index contributed by atoms with van der Waals surface area (Å²) in [4.78, 5) is 0.314. The van der Waals surface area contributed by atoms with Crippen molar-refractivity contribution in [3.05, 3.63) is 28.2 Å². The van der Waals surface area contributed by atoms with E-state index in [4.69, 9.17) is 4.74 Å². The molecule has 0 fully saturated rings. The van der Waals surface area contributed by atoms with Gasteiger partial charge in [-0.15, -0.1) is 0 Å². The number of halogens is 1. The Morgan fingerprint density at radius 1 is 1.43 bits per heavy atom. The van der Waals surface area contributed by atoms with Gasteiger partial charge in [-0.05, 0) is 17.7 Å². The fourth-order valence-corrected chi connectivity index (χ4v) is 2.61. The molecule has 0 aliphatic rings. The van der Waals surface area contributed by atoms with Gasteiger partial charge in [0.2, 0.25) is 0 Å². The van der Waals surface area contributed by atoms with Crippen molar-refractivity contribution >= 4 is 25.8 Å². The average Bonchev–Trinajstić information content (AvgIpc) is 2.07. The maximum Gasteiger partial charge on any atom is 0.175 e. The second-order valence-corrected chi connectivity index (χ2v) is 5.86. The van der Waals surface area contributed by atoms with Gasteiger partial charge in [-0.1, -0.05) is 22.0 Å². The van der Waals surface area contributed by atoms with Crippen LogP contribution in [0.15, 0.2) is 27.6 Å². The van der Waals surface area contributed by atoms with E-state index in [1.54, 1.807) is 18.2 Å². The SMILES string of the molecule is COCc1ccc(Br)cc1S(C)(=O)=O. The summed E-state index contributed by atoms with van der Waals surface area (Å²) in [5.41, 5.74) is 0.679. The smallest absolute Gasteiger partial charge is 0.175 e. The van der Waals surface area contributed by atoms with Gasteiger partial charge in [0.15, 0.2) is 9.84 Å². The van der Waals surface area contributed by atoms with Crippen molar-refractivity contribution < 1.29 is 13.2 Å². The molecular weight excluding hydrogens is 268 g/mol. The lowest BCUT2D eigenvalue weighted by Gasteiger charge is -2.07. The number of hydrogen-bond acceptors (Lipinski definition) is 3. The first kappa shape index (κ1) is 11.7. The van der Waals surface area contributed by atoms with Crippen LogP contribution in [-0.4, -0.2) is 21.8 Å². The van der Waals surface area contributed by atoms with Gasteiger partial charge in [0.05, 0.1) is 11.5 Å². The third kappa shape index (κ3) is 2.80. The Labute approximate surface area is 92.1 Å². The molecule has 0 saturated carbocycles. The number of sulfone groups is 1. The quantitative estimate of drug-likeness (QED) is 0.850. The van der Waals surface area contributed by atoms with E-state index in [9.17, 15) is 8.42 Å². The van der Waals surface area contributed by atoms with Gasteiger partial charge in [0, 0.05) is 17.8 Å². The summed E-state index contributed by atoms with van der Waals surface area (Å²) in [6.07, 6.45) is 1.19. The summed E-state index contributed by atoms with van der Waals surface area (Å²) < 4.78 is 28.5. The summed E-state index contributed by atoms with van der Waals surface area (Å²) in [5.74, 6) is 0. The lowest BCUT2D eigenvalue weighted by Crippen LogP contribution is -2.03. The molecule has 0 aliphatic heterocycles. The highest BCUT2D eigenvalue weighted by molar-refractivity contribution is 9.10. The maximum atomic E-state index is 11.4. The lowest BCUT2D eigenvalue weighted by atomic mass is 10.2. The molecule has 0 amide bonds. The Bertz CT molecular complexity index is 426. The molecule has 0 unspecified atom stereocenters. The zero-order valence-corrected chi connectivity index (χ0v) is 10.4. The molecule has 0 aliphatic carbocycles. The first-order chi connectivity index (χ1) is 6.45. The number of hydrogen-bond donors (Lipinski definition) is 0. The predicted octanol–water partition coefficient (Wildman–Crippen LogP) is 2.00. The summed E-state index contributed by atoms with van der Waals surface area (Å²) >= 11 is 3.23. The molecule has 0 saturated heterocycles. The van der Waals surface area contributed by atoms with E-state index in [1.165, 1.54) is 13.4 Å². The molecule has 0 atom stereocenters.